The number of aliphatic carboxylic acids is 1. The molecule has 0 aliphatic rings. The number of hydrogen-bond acceptors (Lipinski definition) is 4. The summed E-state index contributed by atoms with van der Waals surface area (Å²) in [6.07, 6.45) is 1.66. The van der Waals surface area contributed by atoms with E-state index >= 15 is 0 Å². The number of carbonyl (C=O) groups is 1. The smallest absolute Gasteiger partial charge is 0.326 e. The zero-order valence-corrected chi connectivity index (χ0v) is 15.5. The third-order valence-electron chi connectivity index (χ3n) is 3.95. The zero-order chi connectivity index (χ0) is 17.4. The second-order valence-corrected chi connectivity index (χ2v) is 7.56. The van der Waals surface area contributed by atoms with E-state index in [0.717, 1.165) is 20.5 Å². The minimum atomic E-state index is -1.03. The predicted molar refractivity (Wildman–Crippen MR) is 98.7 cm³/mol. The number of thiophene rings is 1. The molecular formula is C17H15BrN2O3S. The predicted octanol–water partition coefficient (Wildman–Crippen LogP) is 4.23. The van der Waals surface area contributed by atoms with Crippen LogP contribution in [0.1, 0.15) is 24.3 Å². The van der Waals surface area contributed by atoms with Gasteiger partial charge in [-0.1, -0.05) is 35.0 Å². The number of carboxylic acids is 1. The van der Waals surface area contributed by atoms with Crippen LogP contribution >= 0.6 is 27.3 Å². The Balaban J connectivity index is 2.31. The normalized spacial score (nSPS) is 12.5. The Morgan fingerprint density at radius 3 is 2.62 bits per heavy atom. The van der Waals surface area contributed by atoms with Crippen LogP contribution in [0.15, 0.2) is 39.9 Å². The molecule has 1 N–H and O–H groups in total. The van der Waals surface area contributed by atoms with Crippen LogP contribution in [-0.4, -0.2) is 20.6 Å². The highest BCUT2D eigenvalue weighted by Crippen LogP contribution is 2.36. The lowest BCUT2D eigenvalue weighted by molar-refractivity contribution is -0.141. The van der Waals surface area contributed by atoms with E-state index in [1.165, 1.54) is 22.2 Å². The van der Waals surface area contributed by atoms with Crippen molar-refractivity contribution in [3.05, 3.63) is 50.3 Å². The lowest BCUT2D eigenvalue weighted by Gasteiger charge is -2.13. The molecule has 0 unspecified atom stereocenters. The lowest BCUT2D eigenvalue weighted by Crippen LogP contribution is -2.29. The van der Waals surface area contributed by atoms with E-state index in [0.29, 0.717) is 16.6 Å². The average molecular weight is 407 g/mol. The van der Waals surface area contributed by atoms with Crippen LogP contribution in [0, 0.1) is 6.92 Å². The largest absolute Gasteiger partial charge is 0.480 e. The highest BCUT2D eigenvalue weighted by molar-refractivity contribution is 9.10. The molecule has 0 saturated heterocycles. The van der Waals surface area contributed by atoms with Crippen LogP contribution in [0.5, 0.6) is 0 Å². The number of aryl methyl sites for hydroxylation is 1. The van der Waals surface area contributed by atoms with Gasteiger partial charge in [-0.2, -0.15) is 0 Å². The Kier molecular flexibility index (Phi) is 4.56. The van der Waals surface area contributed by atoms with Gasteiger partial charge >= 0.3 is 5.97 Å². The number of fused-ring (bicyclic) bond motifs is 1. The van der Waals surface area contributed by atoms with Crippen LogP contribution in [-0.2, 0) is 4.79 Å². The molecule has 0 fully saturated rings. The molecule has 1 atom stereocenters. The molecule has 0 aliphatic carbocycles. The van der Waals surface area contributed by atoms with Crippen LogP contribution in [0.4, 0.5) is 0 Å². The van der Waals surface area contributed by atoms with Crippen molar-refractivity contribution < 1.29 is 9.90 Å². The summed E-state index contributed by atoms with van der Waals surface area (Å²) >= 11 is 4.85. The summed E-state index contributed by atoms with van der Waals surface area (Å²) < 4.78 is 2.18. The van der Waals surface area contributed by atoms with Gasteiger partial charge in [0.15, 0.2) is 0 Å². The third-order valence-corrected chi connectivity index (χ3v) is 5.50. The lowest BCUT2D eigenvalue weighted by atomic mass is 10.0. The van der Waals surface area contributed by atoms with Gasteiger partial charge in [-0.3, -0.25) is 9.36 Å². The van der Waals surface area contributed by atoms with Gasteiger partial charge in [0.2, 0.25) is 0 Å². The molecule has 2 aromatic heterocycles. The van der Waals surface area contributed by atoms with Crippen molar-refractivity contribution in [1.29, 1.82) is 0 Å². The van der Waals surface area contributed by atoms with E-state index in [1.807, 2.05) is 31.2 Å². The minimum Gasteiger partial charge on any atom is -0.480 e. The van der Waals surface area contributed by atoms with Crippen LogP contribution in [0.3, 0.4) is 0 Å². The molecule has 1 aromatic carbocycles. The van der Waals surface area contributed by atoms with Gasteiger partial charge in [-0.15, -0.1) is 11.3 Å². The van der Waals surface area contributed by atoms with Crippen molar-refractivity contribution in [3.8, 4) is 11.1 Å². The molecule has 2 heterocycles. The van der Waals surface area contributed by atoms with E-state index in [9.17, 15) is 14.7 Å². The molecule has 0 aliphatic heterocycles. The molecule has 124 valence electrons. The summed E-state index contributed by atoms with van der Waals surface area (Å²) in [5.74, 6) is -1.03. The first-order valence-corrected chi connectivity index (χ1v) is 9.04. The monoisotopic (exact) mass is 406 g/mol. The Hall–Kier alpha value is -1.99. The van der Waals surface area contributed by atoms with Gasteiger partial charge in [-0.05, 0) is 31.0 Å². The van der Waals surface area contributed by atoms with Crippen molar-refractivity contribution >= 4 is 43.5 Å². The van der Waals surface area contributed by atoms with Gasteiger partial charge < -0.3 is 5.11 Å². The topological polar surface area (TPSA) is 72.2 Å². The van der Waals surface area contributed by atoms with Gasteiger partial charge in [0, 0.05) is 14.9 Å². The van der Waals surface area contributed by atoms with E-state index in [4.69, 9.17) is 0 Å². The Morgan fingerprint density at radius 2 is 2.04 bits per heavy atom. The molecule has 5 nitrogen and oxygen atoms in total. The highest BCUT2D eigenvalue weighted by Gasteiger charge is 2.23. The van der Waals surface area contributed by atoms with Crippen molar-refractivity contribution in [3.63, 3.8) is 0 Å². The Morgan fingerprint density at radius 1 is 1.38 bits per heavy atom. The molecule has 0 bridgehead atoms. The van der Waals surface area contributed by atoms with E-state index in [-0.39, 0.29) is 5.56 Å². The van der Waals surface area contributed by atoms with Gasteiger partial charge in [-0.25, -0.2) is 9.78 Å². The summed E-state index contributed by atoms with van der Waals surface area (Å²) in [6, 6.07) is 6.79. The molecular weight excluding hydrogens is 392 g/mol. The molecule has 0 amide bonds. The first-order valence-electron chi connectivity index (χ1n) is 7.43. The average Bonchev–Trinajstić information content (AvgIpc) is 2.88. The summed E-state index contributed by atoms with van der Waals surface area (Å²) in [4.78, 5) is 30.3. The van der Waals surface area contributed by atoms with E-state index < -0.39 is 12.0 Å². The molecule has 3 aromatic rings. The van der Waals surface area contributed by atoms with Crippen molar-refractivity contribution in [1.82, 2.24) is 9.55 Å². The molecule has 0 radical (unpaired) electrons. The number of hydrogen-bond donors (Lipinski definition) is 1. The van der Waals surface area contributed by atoms with Gasteiger partial charge in [0.05, 0.1) is 11.7 Å². The van der Waals surface area contributed by atoms with Gasteiger partial charge in [0.1, 0.15) is 10.9 Å². The third kappa shape index (κ3) is 2.78. The van der Waals surface area contributed by atoms with Crippen LogP contribution in [0.2, 0.25) is 0 Å². The number of nitrogens with zero attached hydrogens (tertiary/aromatic N) is 2. The minimum absolute atomic E-state index is 0.309. The van der Waals surface area contributed by atoms with Crippen molar-refractivity contribution in [2.45, 2.75) is 26.3 Å². The fourth-order valence-corrected chi connectivity index (χ4v) is 4.06. The number of aromatic nitrogens is 2. The zero-order valence-electron chi connectivity index (χ0n) is 13.1. The SMILES string of the molecule is CC[C@@H](C(=O)O)n1cnc2sc(C)c(-c3ccc(Br)cc3)c2c1=O. The number of benzene rings is 1. The number of halogens is 1. The Labute approximate surface area is 150 Å². The van der Waals surface area contributed by atoms with Gasteiger partial charge in [0.25, 0.3) is 5.56 Å². The van der Waals surface area contributed by atoms with Crippen LogP contribution in [0.25, 0.3) is 21.3 Å². The summed E-state index contributed by atoms with van der Waals surface area (Å²) in [6.45, 7) is 3.69. The molecule has 0 saturated carbocycles. The van der Waals surface area contributed by atoms with Crippen molar-refractivity contribution in [2.24, 2.45) is 0 Å². The van der Waals surface area contributed by atoms with Crippen LogP contribution < -0.4 is 5.56 Å². The maximum Gasteiger partial charge on any atom is 0.326 e. The first-order chi connectivity index (χ1) is 11.4. The Bertz CT molecular complexity index is 976. The molecule has 0 spiro atoms. The molecule has 24 heavy (non-hydrogen) atoms. The summed E-state index contributed by atoms with van der Waals surface area (Å²) in [5.41, 5.74) is 1.44. The second kappa shape index (κ2) is 6.49. The standard InChI is InChI=1S/C17H15BrN2O3S/c1-3-12(17(22)23)20-8-19-15-14(16(20)21)13(9(2)24-15)10-4-6-11(18)7-5-10/h4-8,12H,3H2,1-2H3,(H,22,23)/t12-/m0/s1. The van der Waals surface area contributed by atoms with Crippen molar-refractivity contribution in [2.75, 3.05) is 0 Å². The molecule has 7 heteroatoms. The van der Waals surface area contributed by atoms with E-state index in [1.54, 1.807) is 6.92 Å². The fourth-order valence-electron chi connectivity index (χ4n) is 2.79. The maximum atomic E-state index is 13.0. The highest BCUT2D eigenvalue weighted by atomic mass is 79.9. The first kappa shape index (κ1) is 16.9. The fraction of sp³-hybridized carbons (Fsp3) is 0.235. The summed E-state index contributed by atoms with van der Waals surface area (Å²) in [5, 5.41) is 9.84. The summed E-state index contributed by atoms with van der Waals surface area (Å²) in [7, 11) is 0. The molecule has 3 rings (SSSR count). The number of carboxylic acid groups (broad SMARTS) is 1. The number of rotatable bonds is 4. The quantitative estimate of drug-likeness (QED) is 0.703. The van der Waals surface area contributed by atoms with E-state index in [2.05, 4.69) is 20.9 Å². The second-order valence-electron chi connectivity index (χ2n) is 5.44. The maximum absolute atomic E-state index is 13.0.